The van der Waals surface area contributed by atoms with Gasteiger partial charge in [0.05, 0.1) is 12.2 Å². The number of hydrogen-bond donors (Lipinski definition) is 3. The van der Waals surface area contributed by atoms with Crippen LogP contribution in [0.1, 0.15) is 24.1 Å². The van der Waals surface area contributed by atoms with E-state index in [-0.39, 0.29) is 12.5 Å². The van der Waals surface area contributed by atoms with Crippen LogP contribution in [0.2, 0.25) is 0 Å². The Hall–Kier alpha value is -2.57. The molecule has 0 aliphatic carbocycles. The zero-order chi connectivity index (χ0) is 15.2. The summed E-state index contributed by atoms with van der Waals surface area (Å²) in [7, 11) is 0. The maximum Gasteiger partial charge on any atom is 0.315 e. The third-order valence-electron chi connectivity index (χ3n) is 2.93. The van der Waals surface area contributed by atoms with Crippen molar-refractivity contribution in [2.24, 2.45) is 0 Å². The van der Waals surface area contributed by atoms with Crippen LogP contribution in [-0.4, -0.2) is 33.0 Å². The van der Waals surface area contributed by atoms with E-state index in [0.717, 1.165) is 16.9 Å². The minimum atomic E-state index is -0.864. The number of imidazole rings is 1. The molecule has 2 aromatic rings. The number of carboxylic acids is 1. The lowest BCUT2D eigenvalue weighted by atomic mass is 10.3. The Balaban J connectivity index is 1.78. The van der Waals surface area contributed by atoms with E-state index < -0.39 is 5.97 Å². The Bertz CT molecular complexity index is 651. The first-order valence-corrected chi connectivity index (χ1v) is 6.72. The van der Waals surface area contributed by atoms with Gasteiger partial charge in [0.25, 0.3) is 0 Å². The predicted octanol–water partition coefficient (Wildman–Crippen LogP) is 1.31. The quantitative estimate of drug-likeness (QED) is 0.699. The fourth-order valence-corrected chi connectivity index (χ4v) is 1.92. The third kappa shape index (κ3) is 4.48. The maximum atomic E-state index is 11.5. The van der Waals surface area contributed by atoms with Gasteiger partial charge in [-0.2, -0.15) is 0 Å². The second kappa shape index (κ2) is 6.74. The van der Waals surface area contributed by atoms with Gasteiger partial charge >= 0.3 is 12.0 Å². The number of carbonyl (C=O) groups is 2. The number of aryl methyl sites for hydroxylation is 1. The van der Waals surface area contributed by atoms with Crippen LogP contribution >= 0.6 is 0 Å². The molecule has 0 radical (unpaired) electrons. The molecule has 0 aliphatic rings. The molecule has 2 aromatic heterocycles. The van der Waals surface area contributed by atoms with Crippen molar-refractivity contribution in [1.29, 1.82) is 0 Å². The smallest absolute Gasteiger partial charge is 0.315 e. The second-order valence-corrected chi connectivity index (χ2v) is 4.81. The summed E-state index contributed by atoms with van der Waals surface area (Å²) in [5, 5.41) is 13.8. The van der Waals surface area contributed by atoms with Gasteiger partial charge in [0.15, 0.2) is 0 Å². The highest BCUT2D eigenvalue weighted by Gasteiger charge is 2.04. The lowest BCUT2D eigenvalue weighted by Crippen LogP contribution is -2.35. The Morgan fingerprint density at radius 1 is 1.29 bits per heavy atom. The summed E-state index contributed by atoms with van der Waals surface area (Å²) >= 11 is 0. The molecule has 0 aliphatic heterocycles. The van der Waals surface area contributed by atoms with Gasteiger partial charge in [0.1, 0.15) is 5.65 Å². The molecular formula is C14H18N4O3. The predicted molar refractivity (Wildman–Crippen MR) is 77.0 cm³/mol. The molecule has 0 saturated carbocycles. The summed E-state index contributed by atoms with van der Waals surface area (Å²) in [5.74, 6) is -0.864. The number of nitrogens with zero attached hydrogens (tertiary/aromatic N) is 2. The van der Waals surface area contributed by atoms with Crippen molar-refractivity contribution in [3.05, 3.63) is 35.8 Å². The number of aromatic nitrogens is 2. The Kier molecular flexibility index (Phi) is 4.76. The molecule has 3 N–H and O–H groups in total. The van der Waals surface area contributed by atoms with Crippen LogP contribution in [0.5, 0.6) is 0 Å². The third-order valence-corrected chi connectivity index (χ3v) is 2.93. The van der Waals surface area contributed by atoms with Gasteiger partial charge in [-0.25, -0.2) is 9.78 Å². The van der Waals surface area contributed by atoms with Crippen LogP contribution in [-0.2, 0) is 11.3 Å². The maximum absolute atomic E-state index is 11.5. The van der Waals surface area contributed by atoms with Gasteiger partial charge in [-0.15, -0.1) is 0 Å². The molecule has 0 atom stereocenters. The summed E-state index contributed by atoms with van der Waals surface area (Å²) in [5.41, 5.74) is 2.73. The number of carbonyl (C=O) groups excluding carboxylic acids is 1. The van der Waals surface area contributed by atoms with E-state index in [1.807, 2.05) is 35.9 Å². The number of amides is 2. The first kappa shape index (κ1) is 14.8. The highest BCUT2D eigenvalue weighted by molar-refractivity contribution is 5.73. The van der Waals surface area contributed by atoms with Gasteiger partial charge in [-0.3, -0.25) is 4.79 Å². The molecule has 2 rings (SSSR count). The Morgan fingerprint density at radius 2 is 2.10 bits per heavy atom. The minimum Gasteiger partial charge on any atom is -0.481 e. The average molecular weight is 290 g/mol. The molecule has 0 saturated heterocycles. The van der Waals surface area contributed by atoms with E-state index in [4.69, 9.17) is 5.11 Å². The summed E-state index contributed by atoms with van der Waals surface area (Å²) in [6, 6.07) is 3.58. The molecular weight excluding hydrogens is 272 g/mol. The van der Waals surface area contributed by atoms with Gasteiger partial charge in [0, 0.05) is 25.4 Å². The van der Waals surface area contributed by atoms with Crippen molar-refractivity contribution in [1.82, 2.24) is 20.0 Å². The number of hydrogen-bond acceptors (Lipinski definition) is 3. The van der Waals surface area contributed by atoms with Crippen LogP contribution < -0.4 is 10.6 Å². The molecule has 7 nitrogen and oxygen atoms in total. The first-order valence-electron chi connectivity index (χ1n) is 6.72. The molecule has 7 heteroatoms. The number of nitrogens with one attached hydrogen (secondary N) is 2. The molecule has 0 aromatic carbocycles. The molecule has 0 bridgehead atoms. The number of rotatable bonds is 6. The zero-order valence-corrected chi connectivity index (χ0v) is 11.8. The Labute approximate surface area is 122 Å². The number of carboxylic acid groups (broad SMARTS) is 1. The number of pyridine rings is 1. The van der Waals surface area contributed by atoms with Crippen molar-refractivity contribution in [3.63, 3.8) is 0 Å². The average Bonchev–Trinajstić information content (AvgIpc) is 2.83. The van der Waals surface area contributed by atoms with Crippen LogP contribution in [0, 0.1) is 6.92 Å². The van der Waals surface area contributed by atoms with Gasteiger partial charge in [-0.05, 0) is 25.0 Å². The Morgan fingerprint density at radius 3 is 2.86 bits per heavy atom. The standard InChI is InChI=1S/C14H18N4O3/c1-10-4-5-12-17-11(9-18(12)8-10)7-16-14(21)15-6-2-3-13(19)20/h4-5,8-9H,2-3,6-7H2,1H3,(H,19,20)(H2,15,16,21). The van der Waals surface area contributed by atoms with Crippen molar-refractivity contribution in [2.75, 3.05) is 6.54 Å². The van der Waals surface area contributed by atoms with Gasteiger partial charge in [0.2, 0.25) is 0 Å². The molecule has 2 amide bonds. The molecule has 0 unspecified atom stereocenters. The highest BCUT2D eigenvalue weighted by Crippen LogP contribution is 2.06. The van der Waals surface area contributed by atoms with Crippen LogP contribution in [0.3, 0.4) is 0 Å². The number of urea groups is 1. The van der Waals surface area contributed by atoms with E-state index in [1.165, 1.54) is 0 Å². The van der Waals surface area contributed by atoms with E-state index in [9.17, 15) is 9.59 Å². The highest BCUT2D eigenvalue weighted by atomic mass is 16.4. The lowest BCUT2D eigenvalue weighted by molar-refractivity contribution is -0.137. The molecule has 21 heavy (non-hydrogen) atoms. The van der Waals surface area contributed by atoms with E-state index in [1.54, 1.807) is 0 Å². The molecule has 0 spiro atoms. The fraction of sp³-hybridized carbons (Fsp3) is 0.357. The van der Waals surface area contributed by atoms with Crippen molar-refractivity contribution < 1.29 is 14.7 Å². The normalized spacial score (nSPS) is 10.5. The lowest BCUT2D eigenvalue weighted by Gasteiger charge is -2.05. The topological polar surface area (TPSA) is 95.7 Å². The van der Waals surface area contributed by atoms with Crippen LogP contribution in [0.25, 0.3) is 5.65 Å². The van der Waals surface area contributed by atoms with Crippen LogP contribution in [0.4, 0.5) is 4.79 Å². The number of fused-ring (bicyclic) bond motifs is 1. The summed E-state index contributed by atoms with van der Waals surface area (Å²) < 4.78 is 1.91. The largest absolute Gasteiger partial charge is 0.481 e. The second-order valence-electron chi connectivity index (χ2n) is 4.81. The van der Waals surface area contributed by atoms with E-state index in [0.29, 0.717) is 19.5 Å². The SMILES string of the molecule is Cc1ccc2nc(CNC(=O)NCCCC(=O)O)cn2c1. The first-order chi connectivity index (χ1) is 10.0. The van der Waals surface area contributed by atoms with Crippen molar-refractivity contribution in [2.45, 2.75) is 26.3 Å². The minimum absolute atomic E-state index is 0.0477. The van der Waals surface area contributed by atoms with Gasteiger partial charge < -0.3 is 20.1 Å². The van der Waals surface area contributed by atoms with E-state index >= 15 is 0 Å². The molecule has 112 valence electrons. The van der Waals surface area contributed by atoms with Crippen LogP contribution in [0.15, 0.2) is 24.5 Å². The summed E-state index contributed by atoms with van der Waals surface area (Å²) in [6.07, 6.45) is 4.30. The fourth-order valence-electron chi connectivity index (χ4n) is 1.92. The molecule has 2 heterocycles. The zero-order valence-electron chi connectivity index (χ0n) is 11.8. The number of aliphatic carboxylic acids is 1. The summed E-state index contributed by atoms with van der Waals surface area (Å²) in [4.78, 5) is 26.2. The monoisotopic (exact) mass is 290 g/mol. The molecule has 0 fully saturated rings. The van der Waals surface area contributed by atoms with Crippen molar-refractivity contribution >= 4 is 17.6 Å². The summed E-state index contributed by atoms with van der Waals surface area (Å²) in [6.45, 7) is 2.66. The van der Waals surface area contributed by atoms with Gasteiger partial charge in [-0.1, -0.05) is 6.07 Å². The van der Waals surface area contributed by atoms with Crippen molar-refractivity contribution in [3.8, 4) is 0 Å². The van der Waals surface area contributed by atoms with E-state index in [2.05, 4.69) is 15.6 Å².